The first-order valence-corrected chi connectivity index (χ1v) is 7.76. The molecule has 2 rings (SSSR count). The minimum absolute atomic E-state index is 0.0996. The van der Waals surface area contributed by atoms with Crippen molar-refractivity contribution in [3.05, 3.63) is 52.5 Å². The highest BCUT2D eigenvalue weighted by atomic mass is 32.1. The third kappa shape index (κ3) is 4.14. The fourth-order valence-electron chi connectivity index (χ4n) is 1.94. The Kier molecular flexibility index (Phi) is 5.27. The third-order valence-electron chi connectivity index (χ3n) is 3.07. The topological polar surface area (TPSA) is 58.2 Å². The summed E-state index contributed by atoms with van der Waals surface area (Å²) in [5.74, 6) is -1.19. The second kappa shape index (κ2) is 7.17. The zero-order chi connectivity index (χ0) is 16.1. The summed E-state index contributed by atoms with van der Waals surface area (Å²) < 4.78 is 13.2. The molecule has 0 aliphatic carbocycles. The van der Waals surface area contributed by atoms with Gasteiger partial charge in [-0.1, -0.05) is 26.0 Å². The van der Waals surface area contributed by atoms with E-state index < -0.39 is 11.9 Å². The number of benzene rings is 1. The standard InChI is InChI=1S/C16H17FN2O2S/c1-10(2)14(19-15(20)13-7-4-8-22-13)16(21)18-12-6-3-5-11(17)9-12/h3-10,14H,1-2H3,(H,18,21)(H,19,20). The molecule has 1 heterocycles. The molecule has 1 aromatic heterocycles. The van der Waals surface area contributed by atoms with Crippen molar-refractivity contribution in [1.29, 1.82) is 0 Å². The Morgan fingerprint density at radius 2 is 1.95 bits per heavy atom. The zero-order valence-electron chi connectivity index (χ0n) is 12.3. The number of carbonyl (C=O) groups excluding carboxylic acids is 2. The van der Waals surface area contributed by atoms with E-state index in [1.165, 1.54) is 29.5 Å². The summed E-state index contributed by atoms with van der Waals surface area (Å²) in [6.45, 7) is 3.68. The summed E-state index contributed by atoms with van der Waals surface area (Å²) in [4.78, 5) is 25.0. The van der Waals surface area contributed by atoms with Crippen LogP contribution >= 0.6 is 11.3 Å². The lowest BCUT2D eigenvalue weighted by Gasteiger charge is -2.21. The van der Waals surface area contributed by atoms with Gasteiger partial charge in [-0.15, -0.1) is 11.3 Å². The van der Waals surface area contributed by atoms with E-state index in [1.54, 1.807) is 23.6 Å². The number of carbonyl (C=O) groups is 2. The Morgan fingerprint density at radius 3 is 2.55 bits per heavy atom. The van der Waals surface area contributed by atoms with Crippen LogP contribution in [0.25, 0.3) is 0 Å². The summed E-state index contributed by atoms with van der Waals surface area (Å²) in [5.41, 5.74) is 0.362. The lowest BCUT2D eigenvalue weighted by Crippen LogP contribution is -2.46. The highest BCUT2D eigenvalue weighted by molar-refractivity contribution is 7.12. The van der Waals surface area contributed by atoms with E-state index >= 15 is 0 Å². The smallest absolute Gasteiger partial charge is 0.262 e. The van der Waals surface area contributed by atoms with Gasteiger partial charge in [0.05, 0.1) is 4.88 Å². The molecule has 0 saturated heterocycles. The summed E-state index contributed by atoms with van der Waals surface area (Å²) in [6.07, 6.45) is 0. The first-order chi connectivity index (χ1) is 10.5. The SMILES string of the molecule is CC(C)C(NC(=O)c1cccs1)C(=O)Nc1cccc(F)c1. The van der Waals surface area contributed by atoms with E-state index in [0.717, 1.165) is 0 Å². The second-order valence-corrected chi connectivity index (χ2v) is 6.12. The predicted molar refractivity (Wildman–Crippen MR) is 85.4 cm³/mol. The molecular formula is C16H17FN2O2S. The normalized spacial score (nSPS) is 12.0. The van der Waals surface area contributed by atoms with Crippen LogP contribution in [0.15, 0.2) is 41.8 Å². The van der Waals surface area contributed by atoms with Gasteiger partial charge in [0.15, 0.2) is 0 Å². The molecule has 2 aromatic rings. The average molecular weight is 320 g/mol. The fourth-order valence-corrected chi connectivity index (χ4v) is 2.57. The Labute approximate surface area is 132 Å². The van der Waals surface area contributed by atoms with Crippen molar-refractivity contribution in [3.8, 4) is 0 Å². The summed E-state index contributed by atoms with van der Waals surface area (Å²) >= 11 is 1.31. The molecule has 0 bridgehead atoms. The summed E-state index contributed by atoms with van der Waals surface area (Å²) in [5, 5.41) is 7.14. The van der Waals surface area contributed by atoms with E-state index in [0.29, 0.717) is 10.6 Å². The number of amides is 2. The predicted octanol–water partition coefficient (Wildman–Crippen LogP) is 3.28. The molecular weight excluding hydrogens is 303 g/mol. The van der Waals surface area contributed by atoms with Gasteiger partial charge in [0.25, 0.3) is 5.91 Å². The van der Waals surface area contributed by atoms with Crippen LogP contribution < -0.4 is 10.6 Å². The van der Waals surface area contributed by atoms with Crippen LogP contribution in [0.3, 0.4) is 0 Å². The first kappa shape index (κ1) is 16.2. The Morgan fingerprint density at radius 1 is 1.18 bits per heavy atom. The number of hydrogen-bond acceptors (Lipinski definition) is 3. The minimum Gasteiger partial charge on any atom is -0.339 e. The van der Waals surface area contributed by atoms with E-state index in [9.17, 15) is 14.0 Å². The van der Waals surface area contributed by atoms with Gasteiger partial charge in [0.1, 0.15) is 11.9 Å². The van der Waals surface area contributed by atoms with Crippen LogP contribution in [0.4, 0.5) is 10.1 Å². The number of thiophene rings is 1. The van der Waals surface area contributed by atoms with Gasteiger partial charge < -0.3 is 10.6 Å². The fraction of sp³-hybridized carbons (Fsp3) is 0.250. The molecule has 0 saturated carbocycles. The maximum Gasteiger partial charge on any atom is 0.262 e. The molecule has 6 heteroatoms. The maximum absolute atomic E-state index is 13.2. The van der Waals surface area contributed by atoms with Gasteiger partial charge in [-0.25, -0.2) is 4.39 Å². The quantitative estimate of drug-likeness (QED) is 0.888. The van der Waals surface area contributed by atoms with Crippen LogP contribution in [0.2, 0.25) is 0 Å². The highest BCUT2D eigenvalue weighted by Crippen LogP contribution is 2.13. The molecule has 4 nitrogen and oxygen atoms in total. The highest BCUT2D eigenvalue weighted by Gasteiger charge is 2.25. The Bertz CT molecular complexity index is 656. The van der Waals surface area contributed by atoms with Gasteiger partial charge in [0, 0.05) is 5.69 Å². The van der Waals surface area contributed by atoms with Gasteiger partial charge in [-0.05, 0) is 35.6 Å². The lowest BCUT2D eigenvalue weighted by molar-refractivity contribution is -0.118. The van der Waals surface area contributed by atoms with Crippen LogP contribution in [-0.2, 0) is 4.79 Å². The van der Waals surface area contributed by atoms with Crippen LogP contribution in [0, 0.1) is 11.7 Å². The van der Waals surface area contributed by atoms with Gasteiger partial charge in [-0.3, -0.25) is 9.59 Å². The van der Waals surface area contributed by atoms with E-state index in [4.69, 9.17) is 0 Å². The molecule has 0 fully saturated rings. The van der Waals surface area contributed by atoms with Crippen LogP contribution in [-0.4, -0.2) is 17.9 Å². The first-order valence-electron chi connectivity index (χ1n) is 6.88. The molecule has 22 heavy (non-hydrogen) atoms. The van der Waals surface area contributed by atoms with Crippen molar-refractivity contribution in [3.63, 3.8) is 0 Å². The number of halogens is 1. The molecule has 0 radical (unpaired) electrons. The van der Waals surface area contributed by atoms with Gasteiger partial charge in [-0.2, -0.15) is 0 Å². The Balaban J connectivity index is 2.07. The minimum atomic E-state index is -0.696. The van der Waals surface area contributed by atoms with Crippen molar-refractivity contribution in [2.75, 3.05) is 5.32 Å². The van der Waals surface area contributed by atoms with Crippen molar-refractivity contribution in [1.82, 2.24) is 5.32 Å². The zero-order valence-corrected chi connectivity index (χ0v) is 13.1. The van der Waals surface area contributed by atoms with Crippen molar-refractivity contribution >= 4 is 28.8 Å². The monoisotopic (exact) mass is 320 g/mol. The van der Waals surface area contributed by atoms with Crippen LogP contribution in [0.1, 0.15) is 23.5 Å². The summed E-state index contributed by atoms with van der Waals surface area (Å²) in [6, 6.07) is 8.42. The molecule has 0 spiro atoms. The van der Waals surface area contributed by atoms with Crippen LogP contribution in [0.5, 0.6) is 0 Å². The second-order valence-electron chi connectivity index (χ2n) is 5.17. The van der Waals surface area contributed by atoms with E-state index in [-0.39, 0.29) is 17.7 Å². The number of rotatable bonds is 5. The van der Waals surface area contributed by atoms with Crippen molar-refractivity contribution in [2.24, 2.45) is 5.92 Å². The summed E-state index contributed by atoms with van der Waals surface area (Å²) in [7, 11) is 0. The molecule has 0 aliphatic rings. The molecule has 2 N–H and O–H groups in total. The largest absolute Gasteiger partial charge is 0.339 e. The van der Waals surface area contributed by atoms with Crippen molar-refractivity contribution < 1.29 is 14.0 Å². The molecule has 116 valence electrons. The third-order valence-corrected chi connectivity index (χ3v) is 3.94. The lowest BCUT2D eigenvalue weighted by atomic mass is 10.0. The number of nitrogens with one attached hydrogen (secondary N) is 2. The maximum atomic E-state index is 13.2. The van der Waals surface area contributed by atoms with E-state index in [2.05, 4.69) is 10.6 Å². The molecule has 1 unspecified atom stereocenters. The molecule has 0 aliphatic heterocycles. The number of anilines is 1. The average Bonchev–Trinajstić information content (AvgIpc) is 2.98. The molecule has 1 aromatic carbocycles. The molecule has 2 amide bonds. The van der Waals surface area contributed by atoms with Gasteiger partial charge >= 0.3 is 0 Å². The van der Waals surface area contributed by atoms with E-state index in [1.807, 2.05) is 13.8 Å². The van der Waals surface area contributed by atoms with Crippen molar-refractivity contribution in [2.45, 2.75) is 19.9 Å². The van der Waals surface area contributed by atoms with Gasteiger partial charge in [0.2, 0.25) is 5.91 Å². The number of hydrogen-bond donors (Lipinski definition) is 2. The molecule has 1 atom stereocenters. The Hall–Kier alpha value is -2.21.